The first kappa shape index (κ1) is 18.7. The van der Waals surface area contributed by atoms with Gasteiger partial charge in [0.1, 0.15) is 11.9 Å². The lowest BCUT2D eigenvalue weighted by atomic mass is 10.1. The Hall–Kier alpha value is -1.68. The molecular weight excluding hydrogens is 238 g/mol. The number of carbonyl (C=O) groups excluding carboxylic acids is 4. The fraction of sp³-hybridized carbons (Fsp3) is 0.750. The number of rotatable bonds is 5. The third-order valence-corrected chi connectivity index (χ3v) is 1.74. The normalized spacial score (nSPS) is 11.3. The molecule has 104 valence electrons. The summed E-state index contributed by atoms with van der Waals surface area (Å²) in [5.41, 5.74) is -0.526. The number of amides is 1. The third-order valence-electron chi connectivity index (χ3n) is 1.74. The van der Waals surface area contributed by atoms with Crippen molar-refractivity contribution in [1.82, 2.24) is 5.32 Å². The molecule has 0 aliphatic rings. The first-order valence-corrected chi connectivity index (χ1v) is 5.74. The van der Waals surface area contributed by atoms with Crippen molar-refractivity contribution in [2.45, 2.75) is 58.6 Å². The second-order valence-corrected chi connectivity index (χ2v) is 4.61. The molecule has 0 aromatic carbocycles. The van der Waals surface area contributed by atoms with E-state index in [4.69, 9.17) is 14.3 Å². The van der Waals surface area contributed by atoms with E-state index < -0.39 is 17.7 Å². The Balaban J connectivity index is 0. The predicted molar refractivity (Wildman–Crippen MR) is 63.8 cm³/mol. The number of carbonyl (C=O) groups is 2. The molecule has 1 N–H and O–H groups in total. The topological polar surface area (TPSA) is 89.5 Å². The Labute approximate surface area is 107 Å². The van der Waals surface area contributed by atoms with Gasteiger partial charge in [-0.15, -0.1) is 0 Å². The van der Waals surface area contributed by atoms with Gasteiger partial charge in [-0.1, -0.05) is 19.8 Å². The van der Waals surface area contributed by atoms with Gasteiger partial charge in [-0.05, 0) is 27.2 Å². The maximum Gasteiger partial charge on any atom is 0.408 e. The van der Waals surface area contributed by atoms with Crippen LogP contribution in [0.15, 0.2) is 0 Å². The van der Waals surface area contributed by atoms with Crippen LogP contribution in [0.5, 0.6) is 0 Å². The highest BCUT2D eigenvalue weighted by Gasteiger charge is 2.18. The quantitative estimate of drug-likeness (QED) is 0.759. The summed E-state index contributed by atoms with van der Waals surface area (Å²) in [4.78, 5) is 38.2. The summed E-state index contributed by atoms with van der Waals surface area (Å²) in [5, 5.41) is 2.53. The van der Waals surface area contributed by atoms with E-state index >= 15 is 0 Å². The minimum Gasteiger partial charge on any atom is -0.444 e. The van der Waals surface area contributed by atoms with Gasteiger partial charge in [-0.2, -0.15) is 9.59 Å². The number of unbranched alkanes of at least 4 members (excludes halogenated alkanes) is 1. The molecule has 0 saturated carbocycles. The highest BCUT2D eigenvalue weighted by molar-refractivity contribution is 5.73. The fourth-order valence-corrected chi connectivity index (χ4v) is 1.06. The van der Waals surface area contributed by atoms with Crippen LogP contribution in [0, 0.1) is 0 Å². The molecule has 6 heteroatoms. The summed E-state index contributed by atoms with van der Waals surface area (Å²) in [6.45, 7) is 7.40. The molecule has 1 amide bonds. The summed E-state index contributed by atoms with van der Waals surface area (Å²) in [7, 11) is 0. The van der Waals surface area contributed by atoms with E-state index in [1.807, 2.05) is 6.92 Å². The highest BCUT2D eigenvalue weighted by atomic mass is 16.6. The van der Waals surface area contributed by atoms with Crippen molar-refractivity contribution in [2.75, 3.05) is 0 Å². The van der Waals surface area contributed by atoms with E-state index in [1.54, 1.807) is 20.8 Å². The van der Waals surface area contributed by atoms with Crippen LogP contribution in [0.2, 0.25) is 0 Å². The van der Waals surface area contributed by atoms with Crippen molar-refractivity contribution in [3.8, 4) is 0 Å². The van der Waals surface area contributed by atoms with Crippen LogP contribution in [-0.4, -0.2) is 30.2 Å². The Morgan fingerprint density at radius 3 is 2.22 bits per heavy atom. The van der Waals surface area contributed by atoms with Crippen molar-refractivity contribution in [2.24, 2.45) is 0 Å². The lowest BCUT2D eigenvalue weighted by Gasteiger charge is -2.21. The molecule has 0 aromatic heterocycles. The third kappa shape index (κ3) is 14.3. The maximum absolute atomic E-state index is 11.3. The van der Waals surface area contributed by atoms with Gasteiger partial charge >= 0.3 is 12.2 Å². The SMILES string of the molecule is CCCC[C@H](C=O)NC(=O)OC(C)(C)C.O=C=O. The molecule has 0 aromatic rings. The lowest BCUT2D eigenvalue weighted by Crippen LogP contribution is -2.39. The molecule has 6 nitrogen and oxygen atoms in total. The Bertz CT molecular complexity index is 277. The minimum atomic E-state index is -0.532. The average molecular weight is 259 g/mol. The second-order valence-electron chi connectivity index (χ2n) is 4.61. The first-order valence-electron chi connectivity index (χ1n) is 5.74. The fourth-order valence-electron chi connectivity index (χ4n) is 1.06. The summed E-state index contributed by atoms with van der Waals surface area (Å²) < 4.78 is 5.04. The molecule has 0 bridgehead atoms. The zero-order valence-electron chi connectivity index (χ0n) is 11.3. The summed E-state index contributed by atoms with van der Waals surface area (Å²) >= 11 is 0. The number of nitrogens with one attached hydrogen (secondary N) is 1. The Morgan fingerprint density at radius 1 is 1.39 bits per heavy atom. The van der Waals surface area contributed by atoms with Crippen molar-refractivity contribution < 1.29 is 23.9 Å². The predicted octanol–water partition coefficient (Wildman–Crippen LogP) is 1.69. The monoisotopic (exact) mass is 259 g/mol. The molecule has 0 saturated heterocycles. The van der Waals surface area contributed by atoms with E-state index in [1.165, 1.54) is 0 Å². The van der Waals surface area contributed by atoms with Gasteiger partial charge in [-0.3, -0.25) is 0 Å². The largest absolute Gasteiger partial charge is 0.444 e. The number of ether oxygens (including phenoxy) is 1. The summed E-state index contributed by atoms with van der Waals surface area (Å²) in [5.74, 6) is 0. The van der Waals surface area contributed by atoms with Gasteiger partial charge in [0.05, 0.1) is 6.04 Å². The standard InChI is InChI=1S/C11H21NO3.CO2/c1-5-6-7-9(8-13)12-10(14)15-11(2,3)4;2-1-3/h8-9H,5-7H2,1-4H3,(H,12,14);/t9-;/m1./s1. The van der Waals surface area contributed by atoms with Gasteiger partial charge in [0.25, 0.3) is 0 Å². The zero-order valence-corrected chi connectivity index (χ0v) is 11.3. The van der Waals surface area contributed by atoms with E-state index in [0.717, 1.165) is 19.1 Å². The minimum absolute atomic E-state index is 0.250. The van der Waals surface area contributed by atoms with Crippen LogP contribution in [0.25, 0.3) is 0 Å². The zero-order chi connectivity index (χ0) is 14.6. The van der Waals surface area contributed by atoms with Crippen LogP contribution in [0.4, 0.5) is 4.79 Å². The average Bonchev–Trinajstić information content (AvgIpc) is 2.22. The van der Waals surface area contributed by atoms with Crippen LogP contribution < -0.4 is 5.32 Å². The van der Waals surface area contributed by atoms with E-state index in [0.29, 0.717) is 6.42 Å². The molecule has 0 aliphatic heterocycles. The van der Waals surface area contributed by atoms with Crippen LogP contribution in [0.3, 0.4) is 0 Å². The second kappa shape index (κ2) is 10.5. The van der Waals surface area contributed by atoms with Crippen molar-refractivity contribution in [1.29, 1.82) is 0 Å². The Kier molecular flexibility index (Phi) is 10.9. The molecule has 0 radical (unpaired) electrons. The lowest BCUT2D eigenvalue weighted by molar-refractivity contribution is -0.191. The van der Waals surface area contributed by atoms with Crippen LogP contribution in [-0.2, 0) is 19.1 Å². The summed E-state index contributed by atoms with van der Waals surface area (Å²) in [6.07, 6.45) is 3.05. The van der Waals surface area contributed by atoms with E-state index in [9.17, 15) is 9.59 Å². The molecule has 1 atom stereocenters. The van der Waals surface area contributed by atoms with E-state index in [2.05, 4.69) is 5.32 Å². The Morgan fingerprint density at radius 2 is 1.89 bits per heavy atom. The molecule has 0 heterocycles. The number of hydrogen-bond acceptors (Lipinski definition) is 5. The molecule has 0 rings (SSSR count). The smallest absolute Gasteiger partial charge is 0.408 e. The highest BCUT2D eigenvalue weighted by Crippen LogP contribution is 2.07. The van der Waals surface area contributed by atoms with Crippen LogP contribution >= 0.6 is 0 Å². The van der Waals surface area contributed by atoms with Crippen molar-refractivity contribution in [3.05, 3.63) is 0 Å². The number of aldehydes is 1. The van der Waals surface area contributed by atoms with Crippen molar-refractivity contribution in [3.63, 3.8) is 0 Å². The van der Waals surface area contributed by atoms with Gasteiger partial charge < -0.3 is 14.8 Å². The van der Waals surface area contributed by atoms with Gasteiger partial charge in [-0.25, -0.2) is 4.79 Å². The van der Waals surface area contributed by atoms with Gasteiger partial charge in [0.15, 0.2) is 0 Å². The molecule has 0 spiro atoms. The number of hydrogen-bond donors (Lipinski definition) is 1. The molecule has 0 fully saturated rings. The molecular formula is C12H21NO5. The van der Waals surface area contributed by atoms with E-state index in [-0.39, 0.29) is 6.15 Å². The molecule has 0 unspecified atom stereocenters. The van der Waals surface area contributed by atoms with Crippen molar-refractivity contribution >= 4 is 18.5 Å². The van der Waals surface area contributed by atoms with Crippen LogP contribution in [0.1, 0.15) is 47.0 Å². The number of alkyl carbamates (subject to hydrolysis) is 1. The molecule has 18 heavy (non-hydrogen) atoms. The summed E-state index contributed by atoms with van der Waals surface area (Å²) in [6, 6.07) is -0.431. The first-order chi connectivity index (χ1) is 8.30. The molecule has 0 aliphatic carbocycles. The van der Waals surface area contributed by atoms with Gasteiger partial charge in [0, 0.05) is 0 Å². The maximum atomic E-state index is 11.3. The van der Waals surface area contributed by atoms with Gasteiger partial charge in [0.2, 0.25) is 0 Å².